The molecule has 0 atom stereocenters. The summed E-state index contributed by atoms with van der Waals surface area (Å²) in [5.41, 5.74) is 2.41. The average molecular weight is 469 g/mol. The fourth-order valence-electron chi connectivity index (χ4n) is 2.96. The summed E-state index contributed by atoms with van der Waals surface area (Å²) in [5.74, 6) is 1.41. The van der Waals surface area contributed by atoms with Crippen molar-refractivity contribution in [1.29, 1.82) is 0 Å². The minimum atomic E-state index is -0.191. The van der Waals surface area contributed by atoms with Gasteiger partial charge in [-0.2, -0.15) is 0 Å². The zero-order valence-corrected chi connectivity index (χ0v) is 17.4. The van der Waals surface area contributed by atoms with E-state index in [1.807, 2.05) is 36.4 Å². The van der Waals surface area contributed by atoms with Crippen LogP contribution in [0, 0.1) is 5.82 Å². The van der Waals surface area contributed by atoms with Gasteiger partial charge in [-0.1, -0.05) is 24.3 Å². The number of guanidine groups is 1. The van der Waals surface area contributed by atoms with Crippen LogP contribution in [0.1, 0.15) is 24.0 Å². The third kappa shape index (κ3) is 5.09. The van der Waals surface area contributed by atoms with E-state index in [1.54, 1.807) is 14.2 Å². The van der Waals surface area contributed by atoms with Gasteiger partial charge in [-0.15, -0.1) is 24.0 Å². The minimum Gasteiger partial charge on any atom is -0.497 e. The second-order valence-corrected chi connectivity index (χ2v) is 6.42. The Kier molecular flexibility index (Phi) is 7.25. The zero-order chi connectivity index (χ0) is 17.7. The molecule has 3 rings (SSSR count). The van der Waals surface area contributed by atoms with Crippen LogP contribution in [0.25, 0.3) is 0 Å². The van der Waals surface area contributed by atoms with Crippen molar-refractivity contribution in [3.63, 3.8) is 0 Å². The molecule has 2 aromatic rings. The van der Waals surface area contributed by atoms with E-state index in [2.05, 4.69) is 15.6 Å². The lowest BCUT2D eigenvalue weighted by atomic mass is 9.96. The van der Waals surface area contributed by atoms with Crippen LogP contribution in [-0.2, 0) is 12.0 Å². The number of methoxy groups -OCH3 is 1. The molecule has 1 saturated carbocycles. The molecule has 1 aliphatic rings. The van der Waals surface area contributed by atoms with Gasteiger partial charge in [0.25, 0.3) is 0 Å². The highest BCUT2D eigenvalue weighted by Gasteiger charge is 2.44. The van der Waals surface area contributed by atoms with Crippen molar-refractivity contribution in [1.82, 2.24) is 10.6 Å². The van der Waals surface area contributed by atoms with Crippen molar-refractivity contribution in [2.45, 2.75) is 24.8 Å². The Morgan fingerprint density at radius 1 is 1.15 bits per heavy atom. The minimum absolute atomic E-state index is 0. The number of halogens is 2. The number of ether oxygens (including phenoxy) is 1. The number of hydrogen-bond acceptors (Lipinski definition) is 2. The lowest BCUT2D eigenvalue weighted by Gasteiger charge is -2.19. The lowest BCUT2D eigenvalue weighted by Crippen LogP contribution is -2.40. The van der Waals surface area contributed by atoms with Crippen LogP contribution in [-0.4, -0.2) is 26.7 Å². The lowest BCUT2D eigenvalue weighted by molar-refractivity contribution is 0.414. The average Bonchev–Trinajstić information content (AvgIpc) is 3.43. The van der Waals surface area contributed by atoms with Gasteiger partial charge in [-0.05, 0) is 48.2 Å². The number of hydrogen-bond donors (Lipinski definition) is 2. The van der Waals surface area contributed by atoms with Gasteiger partial charge in [-0.25, -0.2) is 4.39 Å². The van der Waals surface area contributed by atoms with Crippen molar-refractivity contribution >= 4 is 29.9 Å². The summed E-state index contributed by atoms with van der Waals surface area (Å²) < 4.78 is 18.4. The van der Waals surface area contributed by atoms with Crippen LogP contribution in [0.5, 0.6) is 5.75 Å². The van der Waals surface area contributed by atoms with Gasteiger partial charge < -0.3 is 15.4 Å². The third-order valence-electron chi connectivity index (χ3n) is 4.72. The van der Waals surface area contributed by atoms with Gasteiger partial charge in [0.15, 0.2) is 5.96 Å². The number of aliphatic imine (C=N–C) groups is 1. The highest BCUT2D eigenvalue weighted by Crippen LogP contribution is 2.47. The molecule has 0 bridgehead atoms. The molecule has 2 N–H and O–H groups in total. The first kappa shape index (κ1) is 20.5. The van der Waals surface area contributed by atoms with Gasteiger partial charge in [0.2, 0.25) is 0 Å². The van der Waals surface area contributed by atoms with Crippen LogP contribution >= 0.6 is 24.0 Å². The van der Waals surface area contributed by atoms with Gasteiger partial charge in [-0.3, -0.25) is 4.99 Å². The molecule has 0 aliphatic heterocycles. The molecule has 2 aromatic carbocycles. The molecule has 1 aliphatic carbocycles. The maximum absolute atomic E-state index is 13.1. The zero-order valence-electron chi connectivity index (χ0n) is 15.1. The molecule has 0 heterocycles. The van der Waals surface area contributed by atoms with E-state index >= 15 is 0 Å². The molecule has 140 valence electrons. The molecule has 26 heavy (non-hydrogen) atoms. The van der Waals surface area contributed by atoms with E-state index in [-0.39, 0.29) is 35.2 Å². The van der Waals surface area contributed by atoms with Gasteiger partial charge in [0.05, 0.1) is 7.11 Å². The smallest absolute Gasteiger partial charge is 0.191 e. The number of rotatable bonds is 6. The predicted octanol–water partition coefficient (Wildman–Crippen LogP) is 3.85. The molecular formula is C20H25FIN3O. The van der Waals surface area contributed by atoms with Crippen LogP contribution in [0.15, 0.2) is 53.5 Å². The van der Waals surface area contributed by atoms with E-state index < -0.39 is 0 Å². The summed E-state index contributed by atoms with van der Waals surface area (Å²) in [5, 5.41) is 6.72. The molecule has 1 fully saturated rings. The summed E-state index contributed by atoms with van der Waals surface area (Å²) in [4.78, 5) is 4.29. The third-order valence-corrected chi connectivity index (χ3v) is 4.72. The molecule has 6 heteroatoms. The fourth-order valence-corrected chi connectivity index (χ4v) is 2.96. The Morgan fingerprint density at radius 3 is 2.50 bits per heavy atom. The number of nitrogens with one attached hydrogen (secondary N) is 2. The summed E-state index contributed by atoms with van der Waals surface area (Å²) in [6.07, 6.45) is 2.22. The summed E-state index contributed by atoms with van der Waals surface area (Å²) in [7, 11) is 3.43. The van der Waals surface area contributed by atoms with E-state index in [0.717, 1.165) is 36.7 Å². The summed E-state index contributed by atoms with van der Waals surface area (Å²) in [6, 6.07) is 14.8. The number of nitrogens with zero attached hydrogens (tertiary/aromatic N) is 1. The Bertz CT molecular complexity index is 745. The maximum atomic E-state index is 13.1. The largest absolute Gasteiger partial charge is 0.497 e. The van der Waals surface area contributed by atoms with Crippen LogP contribution in [0.2, 0.25) is 0 Å². The normalized spacial score (nSPS) is 15.0. The molecule has 0 radical (unpaired) electrons. The first-order valence-corrected chi connectivity index (χ1v) is 8.49. The summed E-state index contributed by atoms with van der Waals surface area (Å²) in [6.45, 7) is 1.46. The number of benzene rings is 2. The predicted molar refractivity (Wildman–Crippen MR) is 114 cm³/mol. The van der Waals surface area contributed by atoms with Crippen LogP contribution in [0.3, 0.4) is 0 Å². The Morgan fingerprint density at radius 2 is 1.88 bits per heavy atom. The molecule has 0 spiro atoms. The van der Waals surface area contributed by atoms with E-state index in [4.69, 9.17) is 4.74 Å². The van der Waals surface area contributed by atoms with Gasteiger partial charge in [0.1, 0.15) is 11.6 Å². The molecule has 0 amide bonds. The first-order valence-electron chi connectivity index (χ1n) is 8.49. The monoisotopic (exact) mass is 469 g/mol. The quantitative estimate of drug-likeness (QED) is 0.384. The van der Waals surface area contributed by atoms with Crippen LogP contribution in [0.4, 0.5) is 4.39 Å². The molecule has 0 unspecified atom stereocenters. The fraction of sp³-hybridized carbons (Fsp3) is 0.350. The van der Waals surface area contributed by atoms with Crippen molar-refractivity contribution < 1.29 is 9.13 Å². The SMILES string of the molecule is CN=C(NCc1cccc(OC)c1)NCC1(c2ccc(F)cc2)CC1.I. The van der Waals surface area contributed by atoms with E-state index in [1.165, 1.54) is 17.7 Å². The Balaban J connectivity index is 0.00000243. The second kappa shape index (κ2) is 9.21. The van der Waals surface area contributed by atoms with Crippen LogP contribution < -0.4 is 15.4 Å². The molecule has 0 saturated heterocycles. The van der Waals surface area contributed by atoms with Gasteiger partial charge >= 0.3 is 0 Å². The first-order chi connectivity index (χ1) is 12.1. The highest BCUT2D eigenvalue weighted by atomic mass is 127. The molecule has 0 aromatic heterocycles. The van der Waals surface area contributed by atoms with Crippen molar-refractivity contribution in [2.75, 3.05) is 20.7 Å². The Hall–Kier alpha value is -1.83. The van der Waals surface area contributed by atoms with E-state index in [0.29, 0.717) is 6.54 Å². The molecule has 4 nitrogen and oxygen atoms in total. The standard InChI is InChI=1S/C20H24FN3O.HI/c1-22-19(23-13-15-4-3-5-18(12-15)25-2)24-14-20(10-11-20)16-6-8-17(21)9-7-16;/h3-9,12H,10-11,13-14H2,1-2H3,(H2,22,23,24);1H. The highest BCUT2D eigenvalue weighted by molar-refractivity contribution is 14.0. The van der Waals surface area contributed by atoms with E-state index in [9.17, 15) is 4.39 Å². The Labute approximate surface area is 171 Å². The van der Waals surface area contributed by atoms with Crippen molar-refractivity contribution in [3.05, 3.63) is 65.5 Å². The van der Waals surface area contributed by atoms with Gasteiger partial charge in [0, 0.05) is 25.6 Å². The molecular weight excluding hydrogens is 444 g/mol. The topological polar surface area (TPSA) is 45.7 Å². The summed E-state index contributed by atoms with van der Waals surface area (Å²) >= 11 is 0. The maximum Gasteiger partial charge on any atom is 0.191 e. The van der Waals surface area contributed by atoms with Crippen molar-refractivity contribution in [3.8, 4) is 5.75 Å². The van der Waals surface area contributed by atoms with Crippen molar-refractivity contribution in [2.24, 2.45) is 4.99 Å². The second-order valence-electron chi connectivity index (χ2n) is 6.42.